The first kappa shape index (κ1) is 13.4. The fourth-order valence-electron chi connectivity index (χ4n) is 1.93. The zero-order chi connectivity index (χ0) is 13.3. The Hall–Kier alpha value is -1.03. The van der Waals surface area contributed by atoms with Crippen LogP contribution in [0.25, 0.3) is 10.9 Å². The van der Waals surface area contributed by atoms with E-state index in [0.717, 1.165) is 28.7 Å². The van der Waals surface area contributed by atoms with E-state index in [1.54, 1.807) is 6.07 Å². The molecule has 0 saturated heterocycles. The van der Waals surface area contributed by atoms with Crippen LogP contribution in [0.2, 0.25) is 10.0 Å². The van der Waals surface area contributed by atoms with Crippen molar-refractivity contribution in [1.82, 2.24) is 4.98 Å². The number of hydrogen-bond acceptors (Lipinski definition) is 3. The summed E-state index contributed by atoms with van der Waals surface area (Å²) in [6, 6.07) is 5.63. The fourth-order valence-corrected chi connectivity index (χ4v) is 2.47. The van der Waals surface area contributed by atoms with E-state index in [9.17, 15) is 0 Å². The van der Waals surface area contributed by atoms with Crippen LogP contribution in [0.3, 0.4) is 0 Å². The lowest BCUT2D eigenvalue weighted by molar-refractivity contribution is 0.929. The zero-order valence-electron chi connectivity index (χ0n) is 10.4. The average molecular weight is 284 g/mol. The maximum absolute atomic E-state index is 6.21. The molecule has 18 heavy (non-hydrogen) atoms. The first-order chi connectivity index (χ1) is 8.52. The molecule has 0 radical (unpaired) electrons. The molecule has 0 aliphatic rings. The van der Waals surface area contributed by atoms with Crippen LogP contribution in [0.5, 0.6) is 0 Å². The number of halogens is 2. The third kappa shape index (κ3) is 2.53. The van der Waals surface area contributed by atoms with Gasteiger partial charge < -0.3 is 10.6 Å². The Morgan fingerprint density at radius 3 is 2.56 bits per heavy atom. The van der Waals surface area contributed by atoms with Gasteiger partial charge in [-0.3, -0.25) is 4.98 Å². The van der Waals surface area contributed by atoms with E-state index in [4.69, 9.17) is 28.9 Å². The molecule has 0 amide bonds. The number of benzene rings is 1. The number of anilines is 1. The Labute approximate surface area is 116 Å². The lowest BCUT2D eigenvalue weighted by atomic mass is 10.1. The minimum absolute atomic E-state index is 0.566. The molecule has 0 fully saturated rings. The molecular weight excluding hydrogens is 269 g/mol. The fraction of sp³-hybridized carbons (Fsp3) is 0.308. The van der Waals surface area contributed by atoms with E-state index in [1.165, 1.54) is 0 Å². The van der Waals surface area contributed by atoms with Crippen LogP contribution in [0.1, 0.15) is 5.69 Å². The van der Waals surface area contributed by atoms with Gasteiger partial charge in [-0.2, -0.15) is 0 Å². The predicted molar refractivity (Wildman–Crippen MR) is 78.8 cm³/mol. The first-order valence-corrected chi connectivity index (χ1v) is 6.44. The van der Waals surface area contributed by atoms with Crippen molar-refractivity contribution in [3.8, 4) is 0 Å². The molecule has 1 aromatic carbocycles. The minimum Gasteiger partial charge on any atom is -0.377 e. The van der Waals surface area contributed by atoms with E-state index in [0.29, 0.717) is 16.6 Å². The van der Waals surface area contributed by atoms with Crippen molar-refractivity contribution in [1.29, 1.82) is 0 Å². The van der Waals surface area contributed by atoms with Crippen LogP contribution in [0.4, 0.5) is 5.69 Å². The summed E-state index contributed by atoms with van der Waals surface area (Å²) in [5, 5.41) is 2.14. The average Bonchev–Trinajstić information content (AvgIpc) is 2.29. The number of pyridine rings is 1. The van der Waals surface area contributed by atoms with Gasteiger partial charge in [-0.15, -0.1) is 0 Å². The van der Waals surface area contributed by atoms with Crippen molar-refractivity contribution in [2.75, 3.05) is 25.5 Å². The highest BCUT2D eigenvalue weighted by atomic mass is 35.5. The van der Waals surface area contributed by atoms with Crippen molar-refractivity contribution in [2.24, 2.45) is 5.73 Å². The summed E-state index contributed by atoms with van der Waals surface area (Å²) >= 11 is 12.3. The monoisotopic (exact) mass is 283 g/mol. The van der Waals surface area contributed by atoms with Crippen LogP contribution < -0.4 is 10.6 Å². The first-order valence-electron chi connectivity index (χ1n) is 5.69. The van der Waals surface area contributed by atoms with Crippen LogP contribution >= 0.6 is 23.2 Å². The van der Waals surface area contributed by atoms with E-state index < -0.39 is 0 Å². The molecule has 0 saturated carbocycles. The Bertz CT molecular complexity index is 582. The second kappa shape index (κ2) is 5.31. The summed E-state index contributed by atoms with van der Waals surface area (Å²) in [6.07, 6.45) is 0.732. The molecule has 2 rings (SSSR count). The summed E-state index contributed by atoms with van der Waals surface area (Å²) in [7, 11) is 3.96. The van der Waals surface area contributed by atoms with E-state index in [-0.39, 0.29) is 0 Å². The molecule has 0 atom stereocenters. The van der Waals surface area contributed by atoms with Crippen LogP contribution in [-0.2, 0) is 6.42 Å². The van der Waals surface area contributed by atoms with Crippen molar-refractivity contribution in [3.63, 3.8) is 0 Å². The minimum atomic E-state index is 0.566. The Balaban J connectivity index is 2.76. The maximum Gasteiger partial charge on any atom is 0.0913 e. The summed E-state index contributed by atoms with van der Waals surface area (Å²) in [5.74, 6) is 0. The molecule has 2 aromatic rings. The molecule has 2 N–H and O–H groups in total. The second-order valence-electron chi connectivity index (χ2n) is 4.35. The normalized spacial score (nSPS) is 10.9. The topological polar surface area (TPSA) is 42.1 Å². The largest absolute Gasteiger partial charge is 0.377 e. The van der Waals surface area contributed by atoms with Crippen LogP contribution in [0.15, 0.2) is 18.2 Å². The number of rotatable bonds is 3. The van der Waals surface area contributed by atoms with Gasteiger partial charge in [-0.05, 0) is 24.7 Å². The van der Waals surface area contributed by atoms with Gasteiger partial charge in [0.2, 0.25) is 0 Å². The zero-order valence-corrected chi connectivity index (χ0v) is 11.9. The van der Waals surface area contributed by atoms with Crippen LogP contribution in [-0.4, -0.2) is 25.6 Å². The third-order valence-corrected chi connectivity index (χ3v) is 3.25. The van der Waals surface area contributed by atoms with Crippen molar-refractivity contribution in [3.05, 3.63) is 33.9 Å². The molecule has 0 spiro atoms. The SMILES string of the molecule is CN(C)c1cc(CCN)nc2c(Cl)cc(Cl)cc12. The van der Waals surface area contributed by atoms with Gasteiger partial charge >= 0.3 is 0 Å². The Morgan fingerprint density at radius 2 is 1.94 bits per heavy atom. The summed E-state index contributed by atoms with van der Waals surface area (Å²) in [5.41, 5.74) is 8.35. The number of aromatic nitrogens is 1. The van der Waals surface area contributed by atoms with Crippen LogP contribution in [0, 0.1) is 0 Å². The molecule has 0 bridgehead atoms. The van der Waals surface area contributed by atoms with Gasteiger partial charge in [0.1, 0.15) is 0 Å². The smallest absolute Gasteiger partial charge is 0.0913 e. The number of fused-ring (bicyclic) bond motifs is 1. The van der Waals surface area contributed by atoms with Gasteiger partial charge in [0.25, 0.3) is 0 Å². The quantitative estimate of drug-likeness (QED) is 0.941. The predicted octanol–water partition coefficient (Wildman–Crippen LogP) is 3.11. The molecule has 3 nitrogen and oxygen atoms in total. The number of nitrogens with two attached hydrogens (primary N) is 1. The third-order valence-electron chi connectivity index (χ3n) is 2.75. The molecule has 0 aliphatic carbocycles. The van der Waals surface area contributed by atoms with E-state index in [1.807, 2.05) is 31.1 Å². The van der Waals surface area contributed by atoms with Gasteiger partial charge in [-0.1, -0.05) is 23.2 Å². The molecule has 96 valence electrons. The highest BCUT2D eigenvalue weighted by Gasteiger charge is 2.11. The van der Waals surface area contributed by atoms with E-state index >= 15 is 0 Å². The standard InChI is InChI=1S/C13H15Cl2N3/c1-18(2)12-7-9(3-4-16)17-13-10(12)5-8(14)6-11(13)15/h5-7H,3-4,16H2,1-2H3. The van der Waals surface area contributed by atoms with Gasteiger partial charge in [0.15, 0.2) is 0 Å². The second-order valence-corrected chi connectivity index (χ2v) is 5.19. The Morgan fingerprint density at radius 1 is 1.22 bits per heavy atom. The molecule has 1 heterocycles. The molecule has 1 aromatic heterocycles. The highest BCUT2D eigenvalue weighted by molar-refractivity contribution is 6.38. The molecule has 0 aliphatic heterocycles. The molecule has 5 heteroatoms. The molecular formula is C13H15Cl2N3. The van der Waals surface area contributed by atoms with Crippen molar-refractivity contribution in [2.45, 2.75) is 6.42 Å². The summed E-state index contributed by atoms with van der Waals surface area (Å²) in [4.78, 5) is 6.58. The van der Waals surface area contributed by atoms with Gasteiger partial charge in [0, 0.05) is 42.3 Å². The van der Waals surface area contributed by atoms with E-state index in [2.05, 4.69) is 4.98 Å². The van der Waals surface area contributed by atoms with Crippen molar-refractivity contribution < 1.29 is 0 Å². The summed E-state index contributed by atoms with van der Waals surface area (Å²) < 4.78 is 0. The van der Waals surface area contributed by atoms with Gasteiger partial charge in [0.05, 0.1) is 10.5 Å². The van der Waals surface area contributed by atoms with Gasteiger partial charge in [-0.25, -0.2) is 0 Å². The Kier molecular flexibility index (Phi) is 3.95. The highest BCUT2D eigenvalue weighted by Crippen LogP contribution is 2.33. The lowest BCUT2D eigenvalue weighted by Gasteiger charge is -2.17. The molecule has 0 unspecified atom stereocenters. The number of hydrogen-bond donors (Lipinski definition) is 1. The van der Waals surface area contributed by atoms with Crippen molar-refractivity contribution >= 4 is 39.8 Å². The summed E-state index contributed by atoms with van der Waals surface area (Å²) in [6.45, 7) is 0.566. The maximum atomic E-state index is 6.21. The lowest BCUT2D eigenvalue weighted by Crippen LogP contribution is -2.12. The number of nitrogens with zero attached hydrogens (tertiary/aromatic N) is 2.